The van der Waals surface area contributed by atoms with E-state index in [2.05, 4.69) is 27.0 Å². The van der Waals surface area contributed by atoms with Gasteiger partial charge >= 0.3 is 0 Å². The zero-order valence-electron chi connectivity index (χ0n) is 13.3. The van der Waals surface area contributed by atoms with Crippen molar-refractivity contribution in [1.82, 2.24) is 9.97 Å². The van der Waals surface area contributed by atoms with Crippen molar-refractivity contribution < 1.29 is 4.74 Å². The molecule has 0 unspecified atom stereocenters. The normalized spacial score (nSPS) is 10.3. The molecule has 116 valence electrons. The maximum atomic E-state index is 5.82. The zero-order valence-corrected chi connectivity index (χ0v) is 13.3. The van der Waals surface area contributed by atoms with Crippen LogP contribution in [0.1, 0.15) is 11.1 Å². The first-order valence-corrected chi connectivity index (χ1v) is 7.52. The van der Waals surface area contributed by atoms with Gasteiger partial charge in [-0.05, 0) is 30.2 Å². The van der Waals surface area contributed by atoms with Gasteiger partial charge in [0.2, 0.25) is 5.88 Å². The molecular weight excluding hydrogens is 286 g/mol. The molecular formula is C19H19N3O. The molecule has 0 radical (unpaired) electrons. The number of rotatable bonds is 5. The monoisotopic (exact) mass is 305 g/mol. The Bertz CT molecular complexity index is 774. The van der Waals surface area contributed by atoms with E-state index < -0.39 is 0 Å². The summed E-state index contributed by atoms with van der Waals surface area (Å²) in [6.45, 7) is 2.81. The van der Waals surface area contributed by atoms with Gasteiger partial charge in [-0.1, -0.05) is 42.5 Å². The van der Waals surface area contributed by atoms with Crippen LogP contribution in [-0.2, 0) is 6.54 Å². The largest absolute Gasteiger partial charge is 0.439 e. The Hall–Kier alpha value is -2.88. The second-order valence-electron chi connectivity index (χ2n) is 5.47. The van der Waals surface area contributed by atoms with Crippen molar-refractivity contribution in [3.63, 3.8) is 0 Å². The molecule has 0 bridgehead atoms. The van der Waals surface area contributed by atoms with E-state index in [1.54, 1.807) is 0 Å². The minimum absolute atomic E-state index is 0.542. The molecule has 0 aliphatic heterocycles. The number of nitrogens with zero attached hydrogens (tertiary/aromatic N) is 3. The van der Waals surface area contributed by atoms with Crippen LogP contribution in [0.15, 0.2) is 67.0 Å². The Balaban J connectivity index is 1.74. The average molecular weight is 305 g/mol. The Labute approximate surface area is 136 Å². The van der Waals surface area contributed by atoms with Crippen molar-refractivity contribution in [3.05, 3.63) is 78.1 Å². The van der Waals surface area contributed by atoms with E-state index in [0.717, 1.165) is 23.7 Å². The van der Waals surface area contributed by atoms with Gasteiger partial charge in [0, 0.05) is 19.7 Å². The lowest BCUT2D eigenvalue weighted by atomic mass is 10.2. The van der Waals surface area contributed by atoms with E-state index in [4.69, 9.17) is 4.74 Å². The summed E-state index contributed by atoms with van der Waals surface area (Å²) in [6.07, 6.45) is 1.53. The van der Waals surface area contributed by atoms with Gasteiger partial charge in [0.15, 0.2) is 0 Å². The summed E-state index contributed by atoms with van der Waals surface area (Å²) in [4.78, 5) is 10.6. The highest BCUT2D eigenvalue weighted by atomic mass is 16.5. The SMILES string of the molecule is Cc1cccc(Oc2cc(N(C)Cc3ccccc3)ncn2)c1. The van der Waals surface area contributed by atoms with Crippen molar-refractivity contribution in [3.8, 4) is 11.6 Å². The highest BCUT2D eigenvalue weighted by Gasteiger charge is 2.07. The first-order chi connectivity index (χ1) is 11.2. The van der Waals surface area contributed by atoms with Gasteiger partial charge < -0.3 is 9.64 Å². The summed E-state index contributed by atoms with van der Waals surface area (Å²) in [5.41, 5.74) is 2.38. The molecule has 4 heteroatoms. The summed E-state index contributed by atoms with van der Waals surface area (Å²) >= 11 is 0. The first-order valence-electron chi connectivity index (χ1n) is 7.52. The van der Waals surface area contributed by atoms with Crippen LogP contribution in [-0.4, -0.2) is 17.0 Å². The van der Waals surface area contributed by atoms with Gasteiger partial charge in [-0.3, -0.25) is 0 Å². The lowest BCUT2D eigenvalue weighted by Gasteiger charge is -2.18. The number of ether oxygens (including phenoxy) is 1. The quantitative estimate of drug-likeness (QED) is 0.707. The van der Waals surface area contributed by atoms with E-state index in [0.29, 0.717) is 5.88 Å². The van der Waals surface area contributed by atoms with Gasteiger partial charge in [-0.2, -0.15) is 0 Å². The standard InChI is InChI=1S/C19H19N3O/c1-15-7-6-10-17(11-15)23-19-12-18(20-14-21-19)22(2)13-16-8-4-3-5-9-16/h3-12,14H,13H2,1-2H3. The number of anilines is 1. The third-order valence-corrected chi connectivity index (χ3v) is 3.49. The van der Waals surface area contributed by atoms with Crippen LogP contribution in [0.4, 0.5) is 5.82 Å². The number of hydrogen-bond donors (Lipinski definition) is 0. The first kappa shape index (κ1) is 15.0. The van der Waals surface area contributed by atoms with Crippen molar-refractivity contribution in [2.24, 2.45) is 0 Å². The fraction of sp³-hybridized carbons (Fsp3) is 0.158. The highest BCUT2D eigenvalue weighted by molar-refractivity contribution is 5.42. The second-order valence-corrected chi connectivity index (χ2v) is 5.47. The topological polar surface area (TPSA) is 38.2 Å². The third kappa shape index (κ3) is 4.07. The molecule has 1 aromatic heterocycles. The molecule has 0 saturated carbocycles. The van der Waals surface area contributed by atoms with E-state index >= 15 is 0 Å². The molecule has 0 spiro atoms. The fourth-order valence-corrected chi connectivity index (χ4v) is 2.33. The Morgan fingerprint density at radius 1 is 0.957 bits per heavy atom. The third-order valence-electron chi connectivity index (χ3n) is 3.49. The zero-order chi connectivity index (χ0) is 16.1. The maximum absolute atomic E-state index is 5.82. The number of aryl methyl sites for hydroxylation is 1. The lowest BCUT2D eigenvalue weighted by molar-refractivity contribution is 0.461. The fourth-order valence-electron chi connectivity index (χ4n) is 2.33. The van der Waals surface area contributed by atoms with Gasteiger partial charge in [0.1, 0.15) is 17.9 Å². The molecule has 0 amide bonds. The Morgan fingerprint density at radius 3 is 2.57 bits per heavy atom. The van der Waals surface area contributed by atoms with Crippen molar-refractivity contribution in [2.45, 2.75) is 13.5 Å². The smallest absolute Gasteiger partial charge is 0.224 e. The molecule has 1 heterocycles. The van der Waals surface area contributed by atoms with Gasteiger partial charge in [-0.15, -0.1) is 0 Å². The maximum Gasteiger partial charge on any atom is 0.224 e. The highest BCUT2D eigenvalue weighted by Crippen LogP contribution is 2.23. The summed E-state index contributed by atoms with van der Waals surface area (Å²) < 4.78 is 5.82. The van der Waals surface area contributed by atoms with Crippen LogP contribution in [0.25, 0.3) is 0 Å². The summed E-state index contributed by atoms with van der Waals surface area (Å²) in [5.74, 6) is 2.15. The molecule has 0 atom stereocenters. The summed E-state index contributed by atoms with van der Waals surface area (Å²) in [7, 11) is 2.01. The second kappa shape index (κ2) is 6.92. The van der Waals surface area contributed by atoms with Gasteiger partial charge in [0.05, 0.1) is 0 Å². The molecule has 0 N–H and O–H groups in total. The number of benzene rings is 2. The molecule has 3 aromatic rings. The van der Waals surface area contributed by atoms with Crippen LogP contribution in [0.5, 0.6) is 11.6 Å². The number of aromatic nitrogens is 2. The van der Waals surface area contributed by atoms with Crippen LogP contribution in [0.2, 0.25) is 0 Å². The van der Waals surface area contributed by atoms with Crippen molar-refractivity contribution >= 4 is 5.82 Å². The van der Waals surface area contributed by atoms with Crippen LogP contribution in [0.3, 0.4) is 0 Å². The van der Waals surface area contributed by atoms with E-state index in [1.165, 1.54) is 11.9 Å². The van der Waals surface area contributed by atoms with Crippen LogP contribution >= 0.6 is 0 Å². The molecule has 2 aromatic carbocycles. The average Bonchev–Trinajstić information content (AvgIpc) is 2.56. The minimum atomic E-state index is 0.542. The molecule has 4 nitrogen and oxygen atoms in total. The molecule has 0 aliphatic carbocycles. The summed E-state index contributed by atoms with van der Waals surface area (Å²) in [5, 5.41) is 0. The van der Waals surface area contributed by atoms with Gasteiger partial charge in [-0.25, -0.2) is 9.97 Å². The van der Waals surface area contributed by atoms with Crippen molar-refractivity contribution in [2.75, 3.05) is 11.9 Å². The predicted octanol–water partition coefficient (Wildman–Crippen LogP) is 4.21. The molecule has 0 saturated heterocycles. The molecule has 23 heavy (non-hydrogen) atoms. The van der Waals surface area contributed by atoms with Crippen LogP contribution < -0.4 is 9.64 Å². The molecule has 0 fully saturated rings. The molecule has 0 aliphatic rings. The summed E-state index contributed by atoms with van der Waals surface area (Å²) in [6, 6.07) is 20.0. The van der Waals surface area contributed by atoms with Gasteiger partial charge in [0.25, 0.3) is 0 Å². The molecule has 3 rings (SSSR count). The predicted molar refractivity (Wildman–Crippen MR) is 91.8 cm³/mol. The Morgan fingerprint density at radius 2 is 1.78 bits per heavy atom. The van der Waals surface area contributed by atoms with E-state index in [9.17, 15) is 0 Å². The Kier molecular flexibility index (Phi) is 4.52. The lowest BCUT2D eigenvalue weighted by Crippen LogP contribution is -2.17. The number of hydrogen-bond acceptors (Lipinski definition) is 4. The minimum Gasteiger partial charge on any atom is -0.439 e. The van der Waals surface area contributed by atoms with E-state index in [1.807, 2.05) is 62.5 Å². The van der Waals surface area contributed by atoms with Crippen molar-refractivity contribution in [1.29, 1.82) is 0 Å². The van der Waals surface area contributed by atoms with Crippen LogP contribution in [0, 0.1) is 6.92 Å². The van der Waals surface area contributed by atoms with E-state index in [-0.39, 0.29) is 0 Å².